The van der Waals surface area contributed by atoms with Crippen molar-refractivity contribution in [3.63, 3.8) is 0 Å². The Hall–Kier alpha value is -1.04. The van der Waals surface area contributed by atoms with Gasteiger partial charge in [-0.1, -0.05) is 50.9 Å². The minimum atomic E-state index is -0.872. The van der Waals surface area contributed by atoms with Gasteiger partial charge < -0.3 is 20.4 Å². The van der Waals surface area contributed by atoms with Crippen LogP contribution in [-0.4, -0.2) is 45.3 Å². The Morgan fingerprint density at radius 2 is 1.57 bits per heavy atom. The minimum Gasteiger partial charge on any atom is -0.396 e. The molecule has 4 heteroatoms. The zero-order chi connectivity index (χ0) is 15.9. The van der Waals surface area contributed by atoms with Gasteiger partial charge in [0.15, 0.2) is 0 Å². The fraction of sp³-hybridized carbons (Fsp3) is 0.765. The number of aliphatic hydroxyl groups is 4. The van der Waals surface area contributed by atoms with Crippen molar-refractivity contribution >= 4 is 0 Å². The van der Waals surface area contributed by atoms with Crippen molar-refractivity contribution in [1.82, 2.24) is 0 Å². The second-order valence-electron chi connectivity index (χ2n) is 5.14. The van der Waals surface area contributed by atoms with E-state index in [1.807, 2.05) is 0 Å². The van der Waals surface area contributed by atoms with Crippen LogP contribution in [0.25, 0.3) is 0 Å². The van der Waals surface area contributed by atoms with Crippen molar-refractivity contribution in [3.05, 3.63) is 0 Å². The van der Waals surface area contributed by atoms with E-state index in [1.54, 1.807) is 0 Å². The first-order chi connectivity index (χ1) is 10.1. The van der Waals surface area contributed by atoms with Crippen LogP contribution in [0.15, 0.2) is 0 Å². The summed E-state index contributed by atoms with van der Waals surface area (Å²) in [5, 5.41) is 37.3. The Labute approximate surface area is 128 Å². The highest BCUT2D eigenvalue weighted by atomic mass is 16.3. The van der Waals surface area contributed by atoms with E-state index in [9.17, 15) is 15.3 Å². The SMILES string of the molecule is CCCCCCC[C@@H](O)[C@H](O)CC#CC#CC(O)CCO. The van der Waals surface area contributed by atoms with E-state index in [-0.39, 0.29) is 19.4 Å². The highest BCUT2D eigenvalue weighted by Crippen LogP contribution is 2.10. The number of unbranched alkanes of at least 4 members (excludes halogenated alkanes) is 4. The van der Waals surface area contributed by atoms with Crippen LogP contribution in [0.5, 0.6) is 0 Å². The molecule has 0 rings (SSSR count). The Kier molecular flexibility index (Phi) is 13.2. The largest absolute Gasteiger partial charge is 0.396 e. The molecule has 4 nitrogen and oxygen atoms in total. The Morgan fingerprint density at radius 1 is 0.857 bits per heavy atom. The lowest BCUT2D eigenvalue weighted by Crippen LogP contribution is -2.25. The molecule has 0 saturated heterocycles. The van der Waals surface area contributed by atoms with Crippen LogP contribution in [0.4, 0.5) is 0 Å². The lowest BCUT2D eigenvalue weighted by Gasteiger charge is -2.15. The summed E-state index contributed by atoms with van der Waals surface area (Å²) in [4.78, 5) is 0. The molecule has 0 heterocycles. The third-order valence-electron chi connectivity index (χ3n) is 3.15. The molecule has 0 aromatic heterocycles. The monoisotopic (exact) mass is 296 g/mol. The first-order valence-electron chi connectivity index (χ1n) is 7.75. The summed E-state index contributed by atoms with van der Waals surface area (Å²) in [6.45, 7) is 2.04. The van der Waals surface area contributed by atoms with E-state index in [1.165, 1.54) is 19.3 Å². The quantitative estimate of drug-likeness (QED) is 0.361. The van der Waals surface area contributed by atoms with Crippen molar-refractivity contribution < 1.29 is 20.4 Å². The van der Waals surface area contributed by atoms with Crippen LogP contribution < -0.4 is 0 Å². The van der Waals surface area contributed by atoms with E-state index in [0.29, 0.717) is 6.42 Å². The average molecular weight is 296 g/mol. The maximum absolute atomic E-state index is 9.77. The number of hydrogen-bond donors (Lipinski definition) is 4. The third kappa shape index (κ3) is 12.4. The zero-order valence-electron chi connectivity index (χ0n) is 12.9. The van der Waals surface area contributed by atoms with E-state index in [0.717, 1.165) is 12.8 Å². The molecule has 0 fully saturated rings. The highest BCUT2D eigenvalue weighted by Gasteiger charge is 2.14. The summed E-state index contributed by atoms with van der Waals surface area (Å²) in [6, 6.07) is 0. The topological polar surface area (TPSA) is 80.9 Å². The van der Waals surface area contributed by atoms with Gasteiger partial charge in [0.1, 0.15) is 6.10 Å². The molecule has 3 atom stereocenters. The average Bonchev–Trinajstić information content (AvgIpc) is 2.46. The first-order valence-corrected chi connectivity index (χ1v) is 7.75. The summed E-state index contributed by atoms with van der Waals surface area (Å²) < 4.78 is 0. The Morgan fingerprint density at radius 3 is 2.24 bits per heavy atom. The fourth-order valence-electron chi connectivity index (χ4n) is 1.80. The normalized spacial score (nSPS) is 14.3. The molecule has 0 aromatic rings. The van der Waals surface area contributed by atoms with Crippen molar-refractivity contribution in [2.24, 2.45) is 0 Å². The van der Waals surface area contributed by atoms with Gasteiger partial charge in [0.25, 0.3) is 0 Å². The van der Waals surface area contributed by atoms with Crippen molar-refractivity contribution in [3.8, 4) is 23.7 Å². The molecule has 0 saturated carbocycles. The molecule has 4 N–H and O–H groups in total. The molecule has 21 heavy (non-hydrogen) atoms. The molecule has 0 amide bonds. The van der Waals surface area contributed by atoms with Crippen molar-refractivity contribution in [1.29, 1.82) is 0 Å². The van der Waals surface area contributed by atoms with Gasteiger partial charge in [-0.15, -0.1) is 0 Å². The lowest BCUT2D eigenvalue weighted by atomic mass is 10.0. The molecule has 0 aliphatic carbocycles. The van der Waals surface area contributed by atoms with E-state index in [4.69, 9.17) is 5.11 Å². The van der Waals surface area contributed by atoms with Gasteiger partial charge in [-0.05, 0) is 18.3 Å². The number of hydrogen-bond acceptors (Lipinski definition) is 4. The molecular weight excluding hydrogens is 268 g/mol. The molecule has 120 valence electrons. The van der Waals surface area contributed by atoms with Crippen LogP contribution in [0, 0.1) is 23.7 Å². The van der Waals surface area contributed by atoms with E-state index < -0.39 is 18.3 Å². The number of rotatable bonds is 10. The maximum Gasteiger partial charge on any atom is 0.117 e. The maximum atomic E-state index is 9.77. The first kappa shape index (κ1) is 20.0. The third-order valence-corrected chi connectivity index (χ3v) is 3.15. The van der Waals surface area contributed by atoms with Crippen LogP contribution >= 0.6 is 0 Å². The molecule has 0 bridgehead atoms. The molecule has 0 aliphatic heterocycles. The minimum absolute atomic E-state index is 0.119. The van der Waals surface area contributed by atoms with Crippen LogP contribution in [0.3, 0.4) is 0 Å². The molecule has 1 unspecified atom stereocenters. The molecule has 0 radical (unpaired) electrons. The summed E-state index contributed by atoms with van der Waals surface area (Å²) in [5.41, 5.74) is 0. The van der Waals surface area contributed by atoms with Gasteiger partial charge in [-0.2, -0.15) is 0 Å². The Bertz CT molecular complexity index is 358. The standard InChI is InChI=1S/C17H28O4/c1-2-3-4-5-8-11-16(20)17(21)12-9-6-7-10-15(19)13-14-18/h15-21H,2-5,8,11-14H2,1H3/t15?,16-,17-/m1/s1. The van der Waals surface area contributed by atoms with Gasteiger partial charge in [0, 0.05) is 19.4 Å². The second kappa shape index (κ2) is 13.9. The molecule has 0 spiro atoms. The number of aliphatic hydroxyl groups excluding tert-OH is 4. The summed E-state index contributed by atoms with van der Waals surface area (Å²) >= 11 is 0. The van der Waals surface area contributed by atoms with Gasteiger partial charge in [0.05, 0.1) is 12.2 Å². The van der Waals surface area contributed by atoms with E-state index >= 15 is 0 Å². The predicted molar refractivity (Wildman–Crippen MR) is 83.3 cm³/mol. The van der Waals surface area contributed by atoms with Crippen LogP contribution in [0.1, 0.15) is 58.3 Å². The van der Waals surface area contributed by atoms with Crippen molar-refractivity contribution in [2.75, 3.05) is 6.61 Å². The molecule has 0 aliphatic rings. The van der Waals surface area contributed by atoms with Crippen LogP contribution in [-0.2, 0) is 0 Å². The van der Waals surface area contributed by atoms with Crippen LogP contribution in [0.2, 0.25) is 0 Å². The summed E-state index contributed by atoms with van der Waals surface area (Å²) in [5.74, 6) is 10.1. The summed E-state index contributed by atoms with van der Waals surface area (Å²) in [7, 11) is 0. The predicted octanol–water partition coefficient (Wildman–Crippen LogP) is 1.21. The van der Waals surface area contributed by atoms with Gasteiger partial charge in [-0.25, -0.2) is 0 Å². The van der Waals surface area contributed by atoms with Gasteiger partial charge in [-0.3, -0.25) is 0 Å². The molecule has 0 aromatic carbocycles. The van der Waals surface area contributed by atoms with Crippen molar-refractivity contribution in [2.45, 2.75) is 76.6 Å². The summed E-state index contributed by atoms with van der Waals surface area (Å²) in [6.07, 6.45) is 4.06. The van der Waals surface area contributed by atoms with Gasteiger partial charge in [0.2, 0.25) is 0 Å². The molecular formula is C17H28O4. The van der Waals surface area contributed by atoms with Gasteiger partial charge >= 0.3 is 0 Å². The smallest absolute Gasteiger partial charge is 0.117 e. The Balaban J connectivity index is 3.84. The second-order valence-corrected chi connectivity index (χ2v) is 5.14. The lowest BCUT2D eigenvalue weighted by molar-refractivity contribution is 0.0165. The fourth-order valence-corrected chi connectivity index (χ4v) is 1.80. The van der Waals surface area contributed by atoms with E-state index in [2.05, 4.69) is 30.6 Å². The highest BCUT2D eigenvalue weighted by molar-refractivity contribution is 5.27. The zero-order valence-corrected chi connectivity index (χ0v) is 12.9.